The Kier molecular flexibility index (Phi) is 3.36. The summed E-state index contributed by atoms with van der Waals surface area (Å²) in [6, 6.07) is 0.997. The van der Waals surface area contributed by atoms with Crippen molar-refractivity contribution in [2.45, 2.75) is 19.4 Å². The van der Waals surface area contributed by atoms with Crippen molar-refractivity contribution in [1.29, 1.82) is 0 Å². The molecule has 0 saturated heterocycles. The molecule has 1 atom stereocenters. The summed E-state index contributed by atoms with van der Waals surface area (Å²) in [7, 11) is 0. The number of aliphatic carboxylic acids is 1. The molecule has 3 nitrogen and oxygen atoms in total. The highest BCUT2D eigenvalue weighted by atomic mass is 19.1. The molecule has 0 saturated carbocycles. The largest absolute Gasteiger partial charge is 0.480 e. The SMILES string of the molecule is Cc1cc(F)c(C[C@H](N)C(=O)O)c(F)c1. The normalized spacial score (nSPS) is 12.5. The minimum absolute atomic E-state index is 0.282. The van der Waals surface area contributed by atoms with E-state index < -0.39 is 23.6 Å². The van der Waals surface area contributed by atoms with Crippen LogP contribution in [0.5, 0.6) is 0 Å². The van der Waals surface area contributed by atoms with E-state index in [1.54, 1.807) is 6.92 Å². The zero-order valence-electron chi connectivity index (χ0n) is 8.13. The minimum Gasteiger partial charge on any atom is -0.480 e. The van der Waals surface area contributed by atoms with E-state index in [9.17, 15) is 13.6 Å². The number of aryl methyl sites for hydroxylation is 1. The molecule has 0 radical (unpaired) electrons. The van der Waals surface area contributed by atoms with Crippen LogP contribution in [0, 0.1) is 18.6 Å². The number of halogens is 2. The first-order chi connectivity index (χ1) is 6.91. The summed E-state index contributed by atoms with van der Waals surface area (Å²) in [5, 5.41) is 8.51. The summed E-state index contributed by atoms with van der Waals surface area (Å²) in [6.07, 6.45) is -0.354. The van der Waals surface area contributed by atoms with Crippen molar-refractivity contribution in [2.24, 2.45) is 5.73 Å². The zero-order valence-corrected chi connectivity index (χ0v) is 8.13. The van der Waals surface area contributed by atoms with Crippen LogP contribution in [0.15, 0.2) is 12.1 Å². The molecule has 15 heavy (non-hydrogen) atoms. The molecule has 0 aliphatic heterocycles. The summed E-state index contributed by atoms with van der Waals surface area (Å²) in [6.45, 7) is 1.55. The summed E-state index contributed by atoms with van der Waals surface area (Å²) < 4.78 is 26.5. The van der Waals surface area contributed by atoms with Gasteiger partial charge in [0.25, 0.3) is 0 Å². The van der Waals surface area contributed by atoms with Crippen LogP contribution < -0.4 is 5.73 Å². The highest BCUT2D eigenvalue weighted by Gasteiger charge is 2.18. The van der Waals surface area contributed by atoms with E-state index in [1.807, 2.05) is 0 Å². The highest BCUT2D eigenvalue weighted by Crippen LogP contribution is 2.16. The summed E-state index contributed by atoms with van der Waals surface area (Å²) in [4.78, 5) is 10.4. The number of carboxylic acids is 1. The van der Waals surface area contributed by atoms with Gasteiger partial charge in [0.2, 0.25) is 0 Å². The monoisotopic (exact) mass is 215 g/mol. The van der Waals surface area contributed by atoms with Gasteiger partial charge >= 0.3 is 5.97 Å². The van der Waals surface area contributed by atoms with Crippen LogP contribution >= 0.6 is 0 Å². The Morgan fingerprint density at radius 1 is 1.47 bits per heavy atom. The fourth-order valence-electron chi connectivity index (χ4n) is 1.23. The number of rotatable bonds is 3. The van der Waals surface area contributed by atoms with Crippen LogP contribution in [0.2, 0.25) is 0 Å². The van der Waals surface area contributed by atoms with E-state index in [4.69, 9.17) is 10.8 Å². The van der Waals surface area contributed by atoms with Gasteiger partial charge in [0.1, 0.15) is 17.7 Å². The van der Waals surface area contributed by atoms with Gasteiger partial charge in [-0.05, 0) is 24.6 Å². The number of nitrogens with two attached hydrogens (primary N) is 1. The van der Waals surface area contributed by atoms with Gasteiger partial charge in [0.15, 0.2) is 0 Å². The molecule has 0 amide bonds. The fraction of sp³-hybridized carbons (Fsp3) is 0.300. The van der Waals surface area contributed by atoms with Crippen LogP contribution in [0.25, 0.3) is 0 Å². The Hall–Kier alpha value is -1.49. The van der Waals surface area contributed by atoms with Crippen LogP contribution in [0.3, 0.4) is 0 Å². The van der Waals surface area contributed by atoms with E-state index in [1.165, 1.54) is 0 Å². The van der Waals surface area contributed by atoms with Crippen LogP contribution in [0.1, 0.15) is 11.1 Å². The Labute approximate surface area is 85.5 Å². The van der Waals surface area contributed by atoms with Gasteiger partial charge < -0.3 is 10.8 Å². The Balaban J connectivity index is 3.00. The number of hydrogen-bond donors (Lipinski definition) is 2. The maximum Gasteiger partial charge on any atom is 0.320 e. The molecule has 5 heteroatoms. The average Bonchev–Trinajstić information content (AvgIpc) is 2.10. The van der Waals surface area contributed by atoms with E-state index in [2.05, 4.69) is 0 Å². The van der Waals surface area contributed by atoms with E-state index in [-0.39, 0.29) is 12.0 Å². The molecule has 1 aromatic rings. The van der Waals surface area contributed by atoms with Crippen molar-refractivity contribution in [3.8, 4) is 0 Å². The molecule has 0 fully saturated rings. The molecule has 3 N–H and O–H groups in total. The molecule has 0 heterocycles. The van der Waals surface area contributed by atoms with Gasteiger partial charge in [-0.15, -0.1) is 0 Å². The van der Waals surface area contributed by atoms with Crippen molar-refractivity contribution >= 4 is 5.97 Å². The van der Waals surface area contributed by atoms with Gasteiger partial charge in [-0.1, -0.05) is 0 Å². The third-order valence-corrected chi connectivity index (χ3v) is 2.03. The Morgan fingerprint density at radius 3 is 2.33 bits per heavy atom. The maximum atomic E-state index is 13.2. The Morgan fingerprint density at radius 2 is 1.93 bits per heavy atom. The van der Waals surface area contributed by atoms with E-state index in [0.29, 0.717) is 5.56 Å². The number of carboxylic acid groups (broad SMARTS) is 1. The van der Waals surface area contributed by atoms with E-state index in [0.717, 1.165) is 12.1 Å². The highest BCUT2D eigenvalue weighted by molar-refractivity contribution is 5.73. The predicted octanol–water partition coefficient (Wildman–Crippen LogP) is 1.23. The van der Waals surface area contributed by atoms with Gasteiger partial charge in [-0.2, -0.15) is 0 Å². The topological polar surface area (TPSA) is 63.3 Å². The summed E-state index contributed by atoms with van der Waals surface area (Å²) in [5.41, 5.74) is 5.35. The van der Waals surface area contributed by atoms with Crippen molar-refractivity contribution in [3.05, 3.63) is 34.9 Å². The summed E-state index contributed by atoms with van der Waals surface area (Å²) >= 11 is 0. The maximum absolute atomic E-state index is 13.2. The lowest BCUT2D eigenvalue weighted by atomic mass is 10.0. The van der Waals surface area contributed by atoms with Crippen molar-refractivity contribution < 1.29 is 18.7 Å². The molecule has 0 bridgehead atoms. The molecular weight excluding hydrogens is 204 g/mol. The zero-order chi connectivity index (χ0) is 11.6. The molecule has 0 unspecified atom stereocenters. The van der Waals surface area contributed by atoms with Crippen molar-refractivity contribution in [3.63, 3.8) is 0 Å². The molecule has 0 aromatic heterocycles. The van der Waals surface area contributed by atoms with Crippen LogP contribution in [-0.4, -0.2) is 17.1 Å². The first-order valence-electron chi connectivity index (χ1n) is 4.34. The van der Waals surface area contributed by atoms with Crippen molar-refractivity contribution in [1.82, 2.24) is 0 Å². The van der Waals surface area contributed by atoms with Gasteiger partial charge in [-0.3, -0.25) is 4.79 Å². The lowest BCUT2D eigenvalue weighted by molar-refractivity contribution is -0.138. The van der Waals surface area contributed by atoms with Gasteiger partial charge in [0, 0.05) is 12.0 Å². The number of benzene rings is 1. The molecule has 82 valence electrons. The second-order valence-electron chi connectivity index (χ2n) is 3.36. The lowest BCUT2D eigenvalue weighted by Crippen LogP contribution is -2.33. The second kappa shape index (κ2) is 4.35. The predicted molar refractivity (Wildman–Crippen MR) is 50.4 cm³/mol. The standard InChI is InChI=1S/C10H11F2NO2/c1-5-2-7(11)6(8(12)3-5)4-9(13)10(14)15/h2-3,9H,4,13H2,1H3,(H,14,15)/t9-/m0/s1. The first-order valence-corrected chi connectivity index (χ1v) is 4.34. The second-order valence-corrected chi connectivity index (χ2v) is 3.36. The molecular formula is C10H11F2NO2. The minimum atomic E-state index is -1.29. The van der Waals surface area contributed by atoms with Crippen molar-refractivity contribution in [2.75, 3.05) is 0 Å². The third-order valence-electron chi connectivity index (χ3n) is 2.03. The molecule has 0 aliphatic rings. The number of hydrogen-bond acceptors (Lipinski definition) is 2. The summed E-state index contributed by atoms with van der Waals surface area (Å²) in [5.74, 6) is -2.80. The van der Waals surface area contributed by atoms with E-state index >= 15 is 0 Å². The third kappa shape index (κ3) is 2.73. The van der Waals surface area contributed by atoms with Gasteiger partial charge in [0.05, 0.1) is 0 Å². The van der Waals surface area contributed by atoms with Gasteiger partial charge in [-0.25, -0.2) is 8.78 Å². The molecule has 1 rings (SSSR count). The molecule has 0 spiro atoms. The Bertz CT molecular complexity index is 370. The number of carbonyl (C=O) groups is 1. The lowest BCUT2D eigenvalue weighted by Gasteiger charge is -2.09. The molecule has 1 aromatic carbocycles. The fourth-order valence-corrected chi connectivity index (χ4v) is 1.23. The first kappa shape index (κ1) is 11.6. The average molecular weight is 215 g/mol. The van der Waals surface area contributed by atoms with Crippen LogP contribution in [0.4, 0.5) is 8.78 Å². The molecule has 0 aliphatic carbocycles. The smallest absolute Gasteiger partial charge is 0.320 e. The van der Waals surface area contributed by atoms with Crippen LogP contribution in [-0.2, 0) is 11.2 Å². The quantitative estimate of drug-likeness (QED) is 0.797.